The molecule has 0 aliphatic heterocycles. The van der Waals surface area contributed by atoms with E-state index in [2.05, 4.69) is 5.32 Å². The number of hydrogen-bond donors (Lipinski definition) is 2. The smallest absolute Gasteiger partial charge is 0.234 e. The van der Waals surface area contributed by atoms with Gasteiger partial charge in [0.2, 0.25) is 5.91 Å². The molecule has 0 bridgehead atoms. The number of thioether (sulfide) groups is 1. The van der Waals surface area contributed by atoms with E-state index in [4.69, 9.17) is 22.6 Å². The highest BCUT2D eigenvalue weighted by atomic mass is 35.5. The molecule has 4 nitrogen and oxygen atoms in total. The lowest BCUT2D eigenvalue weighted by atomic mass is 10.2. The molecule has 2 rings (SSSR count). The predicted octanol–water partition coefficient (Wildman–Crippen LogP) is 3.52. The lowest BCUT2D eigenvalue weighted by Crippen LogP contribution is -2.14. The number of nitrogens with one attached hydrogen (secondary N) is 1. The van der Waals surface area contributed by atoms with Gasteiger partial charge in [-0.3, -0.25) is 4.79 Å². The third kappa shape index (κ3) is 4.15. The lowest BCUT2D eigenvalue weighted by Gasteiger charge is -2.07. The highest BCUT2D eigenvalue weighted by Gasteiger charge is 2.08. The molecule has 0 saturated heterocycles. The maximum absolute atomic E-state index is 11.9. The van der Waals surface area contributed by atoms with Crippen LogP contribution in [0.15, 0.2) is 47.4 Å². The fourth-order valence-electron chi connectivity index (χ4n) is 1.65. The fourth-order valence-corrected chi connectivity index (χ4v) is 2.73. The van der Waals surface area contributed by atoms with Crippen molar-refractivity contribution in [2.24, 2.45) is 0 Å². The third-order valence-corrected chi connectivity index (χ3v) is 4.13. The summed E-state index contributed by atoms with van der Waals surface area (Å²) in [5.41, 5.74) is 7.13. The van der Waals surface area contributed by atoms with Crippen molar-refractivity contribution < 1.29 is 4.79 Å². The van der Waals surface area contributed by atoms with Crippen LogP contribution in [0.2, 0.25) is 5.02 Å². The average molecular weight is 318 g/mol. The van der Waals surface area contributed by atoms with Crippen molar-refractivity contribution in [3.05, 3.63) is 53.1 Å². The molecule has 0 aliphatic carbocycles. The molecular weight excluding hydrogens is 306 g/mol. The van der Waals surface area contributed by atoms with Gasteiger partial charge in [0.1, 0.15) is 6.07 Å². The Morgan fingerprint density at radius 3 is 2.81 bits per heavy atom. The zero-order chi connectivity index (χ0) is 15.2. The highest BCUT2D eigenvalue weighted by molar-refractivity contribution is 8.00. The van der Waals surface area contributed by atoms with Crippen LogP contribution >= 0.6 is 23.4 Å². The molecule has 0 fully saturated rings. The molecule has 21 heavy (non-hydrogen) atoms. The van der Waals surface area contributed by atoms with Gasteiger partial charge in [-0.1, -0.05) is 23.7 Å². The molecule has 2 aromatic rings. The first-order chi connectivity index (χ1) is 10.1. The molecule has 0 aromatic heterocycles. The summed E-state index contributed by atoms with van der Waals surface area (Å²) in [5.74, 6) is -0.000708. The number of para-hydroxylation sites is 1. The topological polar surface area (TPSA) is 78.9 Å². The number of nitrogen functional groups attached to an aromatic ring is 1. The molecule has 0 unspecified atom stereocenters. The molecule has 0 saturated carbocycles. The summed E-state index contributed by atoms with van der Waals surface area (Å²) >= 11 is 7.36. The minimum atomic E-state index is -0.199. The summed E-state index contributed by atoms with van der Waals surface area (Å²) in [6.07, 6.45) is 0. The third-order valence-electron chi connectivity index (χ3n) is 2.64. The summed E-state index contributed by atoms with van der Waals surface area (Å²) < 4.78 is 0. The van der Waals surface area contributed by atoms with Crippen molar-refractivity contribution in [3.63, 3.8) is 0 Å². The molecular formula is C15H12ClN3OS. The van der Waals surface area contributed by atoms with Gasteiger partial charge in [-0.25, -0.2) is 0 Å². The fraction of sp³-hybridized carbons (Fsp3) is 0.0667. The summed E-state index contributed by atoms with van der Waals surface area (Å²) in [4.78, 5) is 12.7. The Bertz CT molecular complexity index is 712. The maximum Gasteiger partial charge on any atom is 0.234 e. The van der Waals surface area contributed by atoms with Gasteiger partial charge >= 0.3 is 0 Å². The Morgan fingerprint density at radius 2 is 2.10 bits per heavy atom. The number of nitrogens with zero attached hydrogens (tertiary/aromatic N) is 1. The Morgan fingerprint density at radius 1 is 1.33 bits per heavy atom. The summed E-state index contributed by atoms with van der Waals surface area (Å²) in [5, 5.41) is 12.2. The van der Waals surface area contributed by atoms with Crippen LogP contribution in [0.1, 0.15) is 5.56 Å². The Labute approximate surface area is 131 Å². The molecule has 0 atom stereocenters. The highest BCUT2D eigenvalue weighted by Crippen LogP contribution is 2.28. The van der Waals surface area contributed by atoms with Crippen LogP contribution < -0.4 is 11.1 Å². The lowest BCUT2D eigenvalue weighted by molar-refractivity contribution is -0.113. The normalized spacial score (nSPS) is 9.90. The second-order valence-electron chi connectivity index (χ2n) is 4.18. The second kappa shape index (κ2) is 7.02. The quantitative estimate of drug-likeness (QED) is 0.668. The van der Waals surface area contributed by atoms with Crippen LogP contribution in [0, 0.1) is 11.3 Å². The van der Waals surface area contributed by atoms with Gasteiger partial charge in [0.25, 0.3) is 0 Å². The van der Waals surface area contributed by atoms with E-state index in [9.17, 15) is 4.79 Å². The summed E-state index contributed by atoms with van der Waals surface area (Å²) in [6.45, 7) is 0. The van der Waals surface area contributed by atoms with Gasteiger partial charge in [-0.2, -0.15) is 5.26 Å². The molecule has 0 spiro atoms. The van der Waals surface area contributed by atoms with Crippen molar-refractivity contribution in [1.29, 1.82) is 5.26 Å². The molecule has 0 radical (unpaired) electrons. The largest absolute Gasteiger partial charge is 0.399 e. The number of carbonyl (C=O) groups excluding carboxylic acids is 1. The van der Waals surface area contributed by atoms with Crippen LogP contribution in [0.4, 0.5) is 11.4 Å². The van der Waals surface area contributed by atoms with Crippen LogP contribution in [0.5, 0.6) is 0 Å². The average Bonchev–Trinajstić information content (AvgIpc) is 2.47. The second-order valence-corrected chi connectivity index (χ2v) is 5.61. The van der Waals surface area contributed by atoms with E-state index in [1.165, 1.54) is 11.8 Å². The van der Waals surface area contributed by atoms with Crippen LogP contribution in [-0.2, 0) is 4.79 Å². The SMILES string of the molecule is N#Cc1ccccc1NC(=O)CSc1ccc(N)cc1Cl. The van der Waals surface area contributed by atoms with Crippen molar-refractivity contribution in [2.75, 3.05) is 16.8 Å². The number of hydrogen-bond acceptors (Lipinski definition) is 4. The van der Waals surface area contributed by atoms with E-state index < -0.39 is 0 Å². The van der Waals surface area contributed by atoms with E-state index in [1.807, 2.05) is 6.07 Å². The van der Waals surface area contributed by atoms with E-state index in [-0.39, 0.29) is 11.7 Å². The van der Waals surface area contributed by atoms with E-state index in [1.54, 1.807) is 42.5 Å². The number of anilines is 2. The molecule has 2 aromatic carbocycles. The number of amides is 1. The minimum absolute atomic E-state index is 0.198. The molecule has 0 heterocycles. The van der Waals surface area contributed by atoms with Crippen molar-refractivity contribution in [1.82, 2.24) is 0 Å². The van der Waals surface area contributed by atoms with E-state index >= 15 is 0 Å². The zero-order valence-corrected chi connectivity index (χ0v) is 12.5. The minimum Gasteiger partial charge on any atom is -0.399 e. The number of rotatable bonds is 4. The first kappa shape index (κ1) is 15.2. The molecule has 3 N–H and O–H groups in total. The van der Waals surface area contributed by atoms with Gasteiger partial charge in [0, 0.05) is 10.6 Å². The molecule has 106 valence electrons. The number of halogens is 1. The van der Waals surface area contributed by atoms with E-state index in [0.29, 0.717) is 22.0 Å². The number of carbonyl (C=O) groups is 1. The number of nitrogens with two attached hydrogens (primary N) is 1. The number of nitriles is 1. The monoisotopic (exact) mass is 317 g/mol. The van der Waals surface area contributed by atoms with Gasteiger partial charge in [0.15, 0.2) is 0 Å². The van der Waals surface area contributed by atoms with Gasteiger partial charge in [-0.15, -0.1) is 11.8 Å². The van der Waals surface area contributed by atoms with Crippen LogP contribution in [0.3, 0.4) is 0 Å². The van der Waals surface area contributed by atoms with Gasteiger partial charge in [0.05, 0.1) is 22.0 Å². The van der Waals surface area contributed by atoms with Crippen LogP contribution in [-0.4, -0.2) is 11.7 Å². The molecule has 6 heteroatoms. The molecule has 0 aliphatic rings. The first-order valence-electron chi connectivity index (χ1n) is 6.07. The zero-order valence-electron chi connectivity index (χ0n) is 11.0. The first-order valence-corrected chi connectivity index (χ1v) is 7.43. The van der Waals surface area contributed by atoms with Gasteiger partial charge < -0.3 is 11.1 Å². The predicted molar refractivity (Wildman–Crippen MR) is 86.4 cm³/mol. The van der Waals surface area contributed by atoms with Crippen molar-refractivity contribution >= 4 is 40.6 Å². The Hall–Kier alpha value is -2.16. The maximum atomic E-state index is 11.9. The molecule has 1 amide bonds. The summed E-state index contributed by atoms with van der Waals surface area (Å²) in [7, 11) is 0. The number of benzene rings is 2. The Kier molecular flexibility index (Phi) is 5.09. The van der Waals surface area contributed by atoms with Crippen LogP contribution in [0.25, 0.3) is 0 Å². The Balaban J connectivity index is 1.98. The van der Waals surface area contributed by atoms with E-state index in [0.717, 1.165) is 4.90 Å². The van der Waals surface area contributed by atoms with Crippen molar-refractivity contribution in [3.8, 4) is 6.07 Å². The van der Waals surface area contributed by atoms with Gasteiger partial charge in [-0.05, 0) is 30.3 Å². The summed E-state index contributed by atoms with van der Waals surface area (Å²) in [6, 6.07) is 14.0. The standard InChI is InChI=1S/C15H12ClN3OS/c16-12-7-11(18)5-6-14(12)21-9-15(20)19-13-4-2-1-3-10(13)8-17/h1-7H,9,18H2,(H,19,20). The van der Waals surface area contributed by atoms with Crippen molar-refractivity contribution in [2.45, 2.75) is 4.90 Å².